The molecule has 1 aliphatic carbocycles. The molecule has 0 aromatic carbocycles. The zero-order chi connectivity index (χ0) is 14.5. The summed E-state index contributed by atoms with van der Waals surface area (Å²) >= 11 is 0. The number of aromatic nitrogens is 2. The number of ketones is 1. The zero-order valence-corrected chi connectivity index (χ0v) is 11.9. The van der Waals surface area contributed by atoms with Gasteiger partial charge in [-0.1, -0.05) is 0 Å². The summed E-state index contributed by atoms with van der Waals surface area (Å²) in [6, 6.07) is 1.82. The van der Waals surface area contributed by atoms with Gasteiger partial charge in [0.1, 0.15) is 17.4 Å². The predicted molar refractivity (Wildman–Crippen MR) is 75.2 cm³/mol. The first-order chi connectivity index (χ1) is 9.56. The Kier molecular flexibility index (Phi) is 4.65. The van der Waals surface area contributed by atoms with E-state index in [0.29, 0.717) is 38.1 Å². The van der Waals surface area contributed by atoms with Crippen LogP contribution < -0.4 is 10.2 Å². The molecular formula is C14H20N4O2. The van der Waals surface area contributed by atoms with Crippen LogP contribution in [0.4, 0.5) is 5.82 Å². The van der Waals surface area contributed by atoms with Crippen molar-refractivity contribution in [1.29, 1.82) is 0 Å². The number of amides is 1. The summed E-state index contributed by atoms with van der Waals surface area (Å²) in [6.07, 6.45) is 4.03. The van der Waals surface area contributed by atoms with Crippen molar-refractivity contribution in [3.63, 3.8) is 0 Å². The van der Waals surface area contributed by atoms with Crippen molar-refractivity contribution in [2.24, 2.45) is 5.92 Å². The normalized spacial score (nSPS) is 16.0. The molecule has 108 valence electrons. The second-order valence-corrected chi connectivity index (χ2v) is 5.26. The van der Waals surface area contributed by atoms with Crippen molar-refractivity contribution in [3.8, 4) is 0 Å². The molecule has 6 heteroatoms. The SMILES string of the molecule is CN(C)c1ccnc(CNC(=O)C2CCC(=O)CC2)n1. The van der Waals surface area contributed by atoms with Gasteiger partial charge in [-0.2, -0.15) is 0 Å². The van der Waals surface area contributed by atoms with Gasteiger partial charge >= 0.3 is 0 Å². The highest BCUT2D eigenvalue weighted by molar-refractivity contribution is 5.84. The van der Waals surface area contributed by atoms with Crippen LogP contribution in [-0.2, 0) is 16.1 Å². The van der Waals surface area contributed by atoms with Crippen LogP contribution in [0, 0.1) is 5.92 Å². The summed E-state index contributed by atoms with van der Waals surface area (Å²) in [7, 11) is 3.81. The Morgan fingerprint density at radius 1 is 1.40 bits per heavy atom. The second kappa shape index (κ2) is 6.45. The van der Waals surface area contributed by atoms with Crippen LogP contribution in [-0.4, -0.2) is 35.8 Å². The lowest BCUT2D eigenvalue weighted by atomic mass is 9.88. The topological polar surface area (TPSA) is 75.2 Å². The van der Waals surface area contributed by atoms with Gasteiger partial charge in [0.25, 0.3) is 0 Å². The van der Waals surface area contributed by atoms with E-state index in [0.717, 1.165) is 5.82 Å². The minimum atomic E-state index is -0.0512. The maximum absolute atomic E-state index is 12.0. The first-order valence-electron chi connectivity index (χ1n) is 6.85. The van der Waals surface area contributed by atoms with Gasteiger partial charge in [0.05, 0.1) is 6.54 Å². The number of anilines is 1. The van der Waals surface area contributed by atoms with E-state index in [1.54, 1.807) is 6.20 Å². The van der Waals surface area contributed by atoms with E-state index < -0.39 is 0 Å². The molecule has 0 atom stereocenters. The van der Waals surface area contributed by atoms with E-state index in [1.807, 2.05) is 25.1 Å². The Morgan fingerprint density at radius 2 is 2.10 bits per heavy atom. The van der Waals surface area contributed by atoms with Gasteiger partial charge in [-0.05, 0) is 18.9 Å². The summed E-state index contributed by atoms with van der Waals surface area (Å²) in [6.45, 7) is 0.324. The number of carbonyl (C=O) groups is 2. The fourth-order valence-corrected chi connectivity index (χ4v) is 2.24. The van der Waals surface area contributed by atoms with Crippen LogP contribution in [0.1, 0.15) is 31.5 Å². The molecule has 0 saturated heterocycles. The summed E-state index contributed by atoms with van der Waals surface area (Å²) in [4.78, 5) is 33.5. The molecule has 0 unspecified atom stereocenters. The minimum Gasteiger partial charge on any atom is -0.363 e. The summed E-state index contributed by atoms with van der Waals surface area (Å²) in [5.41, 5.74) is 0. The lowest BCUT2D eigenvalue weighted by Gasteiger charge is -2.20. The molecule has 1 aromatic heterocycles. The smallest absolute Gasteiger partial charge is 0.223 e. The first kappa shape index (κ1) is 14.4. The molecular weight excluding hydrogens is 256 g/mol. The van der Waals surface area contributed by atoms with Gasteiger partial charge < -0.3 is 10.2 Å². The van der Waals surface area contributed by atoms with Crippen LogP contribution in [0.25, 0.3) is 0 Å². The van der Waals surface area contributed by atoms with E-state index >= 15 is 0 Å². The third-order valence-corrected chi connectivity index (χ3v) is 3.48. The van der Waals surface area contributed by atoms with Crippen LogP contribution in [0.3, 0.4) is 0 Å². The van der Waals surface area contributed by atoms with Crippen LogP contribution in [0.15, 0.2) is 12.3 Å². The van der Waals surface area contributed by atoms with Gasteiger partial charge in [0.2, 0.25) is 5.91 Å². The van der Waals surface area contributed by atoms with Gasteiger partial charge in [-0.15, -0.1) is 0 Å². The Hall–Kier alpha value is -1.98. The Labute approximate surface area is 118 Å². The lowest BCUT2D eigenvalue weighted by Crippen LogP contribution is -2.33. The molecule has 6 nitrogen and oxygen atoms in total. The monoisotopic (exact) mass is 276 g/mol. The minimum absolute atomic E-state index is 0.00337. The number of rotatable bonds is 4. The van der Waals surface area contributed by atoms with E-state index in [1.165, 1.54) is 0 Å². The van der Waals surface area contributed by atoms with Gasteiger partial charge in [0, 0.05) is 39.1 Å². The molecule has 0 bridgehead atoms. The summed E-state index contributed by atoms with van der Waals surface area (Å²) < 4.78 is 0. The van der Waals surface area contributed by atoms with Gasteiger partial charge in [0.15, 0.2) is 0 Å². The van der Waals surface area contributed by atoms with Crippen molar-refractivity contribution < 1.29 is 9.59 Å². The average Bonchev–Trinajstić information content (AvgIpc) is 2.46. The molecule has 1 amide bonds. The maximum Gasteiger partial charge on any atom is 0.223 e. The number of nitrogens with one attached hydrogen (secondary N) is 1. The number of carbonyl (C=O) groups excluding carboxylic acids is 2. The van der Waals surface area contributed by atoms with Crippen LogP contribution >= 0.6 is 0 Å². The molecule has 1 aromatic rings. The third-order valence-electron chi connectivity index (χ3n) is 3.48. The number of hydrogen-bond donors (Lipinski definition) is 1. The molecule has 1 fully saturated rings. The van der Waals surface area contributed by atoms with Crippen LogP contribution in [0.5, 0.6) is 0 Å². The molecule has 2 rings (SSSR count). The number of hydrogen-bond acceptors (Lipinski definition) is 5. The predicted octanol–water partition coefficient (Wildman–Crippen LogP) is 0.918. The summed E-state index contributed by atoms with van der Waals surface area (Å²) in [5.74, 6) is 1.61. The quantitative estimate of drug-likeness (QED) is 0.885. The van der Waals surface area contributed by atoms with E-state index in [4.69, 9.17) is 0 Å². The highest BCUT2D eigenvalue weighted by Crippen LogP contribution is 2.21. The van der Waals surface area contributed by atoms with Crippen molar-refractivity contribution >= 4 is 17.5 Å². The molecule has 0 radical (unpaired) electrons. The van der Waals surface area contributed by atoms with E-state index in [9.17, 15) is 9.59 Å². The number of nitrogens with zero attached hydrogens (tertiary/aromatic N) is 3. The fraction of sp³-hybridized carbons (Fsp3) is 0.571. The highest BCUT2D eigenvalue weighted by Gasteiger charge is 2.24. The van der Waals surface area contributed by atoms with Gasteiger partial charge in [-0.3, -0.25) is 9.59 Å². The molecule has 1 N–H and O–H groups in total. The fourth-order valence-electron chi connectivity index (χ4n) is 2.24. The Bertz CT molecular complexity index is 492. The van der Waals surface area contributed by atoms with Crippen molar-refractivity contribution in [2.75, 3.05) is 19.0 Å². The molecule has 1 saturated carbocycles. The third kappa shape index (κ3) is 3.76. The Balaban J connectivity index is 1.87. The number of Topliss-reactive ketones (excluding diaryl/α,β-unsaturated/α-hetero) is 1. The molecule has 20 heavy (non-hydrogen) atoms. The first-order valence-corrected chi connectivity index (χ1v) is 6.85. The summed E-state index contributed by atoms with van der Waals surface area (Å²) in [5, 5.41) is 2.86. The maximum atomic E-state index is 12.0. The molecule has 1 heterocycles. The van der Waals surface area contributed by atoms with E-state index in [2.05, 4.69) is 15.3 Å². The molecule has 0 aliphatic heterocycles. The molecule has 1 aliphatic rings. The van der Waals surface area contributed by atoms with E-state index in [-0.39, 0.29) is 17.6 Å². The lowest BCUT2D eigenvalue weighted by molar-refractivity contribution is -0.128. The second-order valence-electron chi connectivity index (χ2n) is 5.26. The Morgan fingerprint density at radius 3 is 2.75 bits per heavy atom. The van der Waals surface area contributed by atoms with Crippen molar-refractivity contribution in [2.45, 2.75) is 32.2 Å². The average molecular weight is 276 g/mol. The van der Waals surface area contributed by atoms with Crippen molar-refractivity contribution in [3.05, 3.63) is 18.1 Å². The van der Waals surface area contributed by atoms with Gasteiger partial charge in [-0.25, -0.2) is 9.97 Å². The highest BCUT2D eigenvalue weighted by atomic mass is 16.2. The van der Waals surface area contributed by atoms with Crippen molar-refractivity contribution in [1.82, 2.24) is 15.3 Å². The largest absolute Gasteiger partial charge is 0.363 e. The zero-order valence-electron chi connectivity index (χ0n) is 11.9. The molecule has 0 spiro atoms. The standard InChI is InChI=1S/C14H20N4O2/c1-18(2)13-7-8-15-12(17-13)9-16-14(20)10-3-5-11(19)6-4-10/h7-8,10H,3-6,9H2,1-2H3,(H,16,20). The van der Waals surface area contributed by atoms with Crippen LogP contribution in [0.2, 0.25) is 0 Å².